The molecule has 0 spiro atoms. The summed E-state index contributed by atoms with van der Waals surface area (Å²) in [6.07, 6.45) is 11.0. The number of benzene rings is 1. The fourth-order valence-corrected chi connectivity index (χ4v) is 4.81. The van der Waals surface area contributed by atoms with Crippen LogP contribution in [0.2, 0.25) is 0 Å². The summed E-state index contributed by atoms with van der Waals surface area (Å²) in [6.45, 7) is 13.8. The van der Waals surface area contributed by atoms with Gasteiger partial charge in [0.1, 0.15) is 0 Å². The van der Waals surface area contributed by atoms with Gasteiger partial charge in [0.2, 0.25) is 0 Å². The van der Waals surface area contributed by atoms with Crippen molar-refractivity contribution in [3.63, 3.8) is 0 Å². The summed E-state index contributed by atoms with van der Waals surface area (Å²) >= 11 is 0. The molecule has 0 radical (unpaired) electrons. The molecule has 0 bridgehead atoms. The van der Waals surface area contributed by atoms with Crippen LogP contribution in [0.25, 0.3) is 0 Å². The lowest BCUT2D eigenvalue weighted by molar-refractivity contribution is 0.359. The Labute approximate surface area is 163 Å². The molecule has 1 atom stereocenters. The summed E-state index contributed by atoms with van der Waals surface area (Å²) in [5.41, 5.74) is 7.22. The van der Waals surface area contributed by atoms with Crippen molar-refractivity contribution in [2.75, 3.05) is 0 Å². The monoisotopic (exact) mass is 375 g/mol. The summed E-state index contributed by atoms with van der Waals surface area (Å²) < 4.78 is 13.0. The quantitative estimate of drug-likeness (QED) is 0.620. The number of nitrogens with two attached hydrogens (primary N) is 1. The minimum absolute atomic E-state index is 0.223. The average Bonchev–Trinajstić information content (AvgIpc) is 2.73. The summed E-state index contributed by atoms with van der Waals surface area (Å²) in [5.74, 6) is 0. The molecule has 1 aliphatic carbocycles. The molecule has 0 aromatic heterocycles. The van der Waals surface area contributed by atoms with Crippen LogP contribution >= 0.6 is 0 Å². The van der Waals surface area contributed by atoms with Crippen LogP contribution in [0.1, 0.15) is 65.9 Å². The van der Waals surface area contributed by atoms with E-state index in [0.29, 0.717) is 0 Å². The standard InChI is InChI=1S/C19H25NOS.2C2H6/c1-3-5-11-18(4-2)22(21)19(14-12-17(20)13-15-19)16-9-7-6-8-10-16;2*1-2/h3-11,17H,2,12-15,20H2,1H3;2*1-2H3/b5-3-,18-11+;;. The van der Waals surface area contributed by atoms with Gasteiger partial charge in [0, 0.05) is 10.9 Å². The highest BCUT2D eigenvalue weighted by molar-refractivity contribution is 7.90. The number of rotatable bonds is 5. The van der Waals surface area contributed by atoms with E-state index in [0.717, 1.165) is 36.2 Å². The van der Waals surface area contributed by atoms with Gasteiger partial charge in [-0.1, -0.05) is 82.8 Å². The van der Waals surface area contributed by atoms with Crippen molar-refractivity contribution in [3.05, 3.63) is 71.7 Å². The maximum Gasteiger partial charge on any atom is 0.0754 e. The van der Waals surface area contributed by atoms with Crippen molar-refractivity contribution in [3.8, 4) is 0 Å². The second kappa shape index (κ2) is 13.7. The van der Waals surface area contributed by atoms with E-state index in [1.807, 2.05) is 71.0 Å². The molecule has 1 unspecified atom stereocenters. The first-order valence-electron chi connectivity index (χ1n) is 9.82. The predicted molar refractivity (Wildman–Crippen MR) is 118 cm³/mol. The summed E-state index contributed by atoms with van der Waals surface area (Å²) in [6, 6.07) is 10.4. The molecule has 2 nitrogen and oxygen atoms in total. The summed E-state index contributed by atoms with van der Waals surface area (Å²) in [5, 5.41) is 0. The molecule has 146 valence electrons. The molecule has 1 aromatic carbocycles. The van der Waals surface area contributed by atoms with Gasteiger partial charge in [-0.05, 0) is 44.2 Å². The molecule has 3 heteroatoms. The maximum atomic E-state index is 13.4. The van der Waals surface area contributed by atoms with Gasteiger partial charge in [-0.15, -0.1) is 0 Å². The van der Waals surface area contributed by atoms with Crippen molar-refractivity contribution in [1.82, 2.24) is 0 Å². The molecule has 1 fully saturated rings. The maximum absolute atomic E-state index is 13.4. The van der Waals surface area contributed by atoms with Crippen molar-refractivity contribution in [1.29, 1.82) is 0 Å². The van der Waals surface area contributed by atoms with Gasteiger partial charge in [0.05, 0.1) is 15.5 Å². The third kappa shape index (κ3) is 6.37. The van der Waals surface area contributed by atoms with Gasteiger partial charge in [-0.25, -0.2) is 0 Å². The van der Waals surface area contributed by atoms with Gasteiger partial charge in [-0.3, -0.25) is 4.21 Å². The minimum Gasteiger partial charge on any atom is -0.328 e. The molecule has 2 N–H and O–H groups in total. The zero-order valence-electron chi connectivity index (χ0n) is 17.2. The van der Waals surface area contributed by atoms with E-state index in [1.54, 1.807) is 6.08 Å². The largest absolute Gasteiger partial charge is 0.328 e. The Morgan fingerprint density at radius 3 is 2.15 bits per heavy atom. The van der Waals surface area contributed by atoms with E-state index in [1.165, 1.54) is 0 Å². The van der Waals surface area contributed by atoms with Crippen LogP contribution in [-0.2, 0) is 15.5 Å². The molecule has 0 heterocycles. The van der Waals surface area contributed by atoms with Crippen molar-refractivity contribution < 1.29 is 4.21 Å². The second-order valence-electron chi connectivity index (χ2n) is 5.77. The van der Waals surface area contributed by atoms with Crippen LogP contribution in [0.5, 0.6) is 0 Å². The average molecular weight is 376 g/mol. The van der Waals surface area contributed by atoms with Crippen LogP contribution in [-0.4, -0.2) is 10.3 Å². The van der Waals surface area contributed by atoms with Crippen molar-refractivity contribution >= 4 is 10.8 Å². The zero-order chi connectivity index (χ0) is 20.0. The normalized spacial score (nSPS) is 23.9. The van der Waals surface area contributed by atoms with Gasteiger partial charge in [-0.2, -0.15) is 0 Å². The van der Waals surface area contributed by atoms with E-state index in [4.69, 9.17) is 5.73 Å². The van der Waals surface area contributed by atoms with Crippen molar-refractivity contribution in [2.24, 2.45) is 5.73 Å². The Kier molecular flexibility index (Phi) is 12.9. The fourth-order valence-electron chi connectivity index (χ4n) is 3.05. The lowest BCUT2D eigenvalue weighted by Gasteiger charge is -2.39. The zero-order valence-corrected chi connectivity index (χ0v) is 18.0. The first-order valence-corrected chi connectivity index (χ1v) is 11.0. The number of hydrogen-bond donors (Lipinski definition) is 1. The van der Waals surface area contributed by atoms with Crippen LogP contribution in [0.3, 0.4) is 0 Å². The lowest BCUT2D eigenvalue weighted by Crippen LogP contribution is -2.40. The fraction of sp³-hybridized carbons (Fsp3) is 0.478. The Balaban J connectivity index is 0.00000146. The van der Waals surface area contributed by atoms with Crippen LogP contribution in [0.15, 0.2) is 66.1 Å². The Hall–Kier alpha value is -1.45. The van der Waals surface area contributed by atoms with E-state index in [9.17, 15) is 4.21 Å². The highest BCUT2D eigenvalue weighted by Gasteiger charge is 2.42. The molecule has 26 heavy (non-hydrogen) atoms. The molecular weight excluding hydrogens is 338 g/mol. The Bertz CT molecular complexity index is 581. The molecular formula is C23H37NOS. The lowest BCUT2D eigenvalue weighted by atomic mass is 9.81. The highest BCUT2D eigenvalue weighted by atomic mass is 32.2. The third-order valence-electron chi connectivity index (χ3n) is 4.36. The topological polar surface area (TPSA) is 43.1 Å². The van der Waals surface area contributed by atoms with Gasteiger partial charge in [0.15, 0.2) is 0 Å². The minimum atomic E-state index is -1.13. The van der Waals surface area contributed by atoms with E-state index >= 15 is 0 Å². The SMILES string of the molecule is C=C/C(=C\C=C/C)S(=O)C1(c2ccccc2)CCC(N)CC1.CC.CC. The molecule has 1 aliphatic rings. The van der Waals surface area contributed by atoms with Crippen LogP contribution < -0.4 is 5.73 Å². The van der Waals surface area contributed by atoms with Crippen molar-refractivity contribution in [2.45, 2.75) is 71.1 Å². The number of allylic oxidation sites excluding steroid dienone is 4. The van der Waals surface area contributed by atoms with E-state index in [2.05, 4.69) is 18.7 Å². The van der Waals surface area contributed by atoms with Crippen LogP contribution in [0.4, 0.5) is 0 Å². The molecule has 0 saturated heterocycles. The van der Waals surface area contributed by atoms with Gasteiger partial charge < -0.3 is 5.73 Å². The highest BCUT2D eigenvalue weighted by Crippen LogP contribution is 2.44. The smallest absolute Gasteiger partial charge is 0.0754 e. The summed E-state index contributed by atoms with van der Waals surface area (Å²) in [7, 11) is -1.13. The van der Waals surface area contributed by atoms with E-state index < -0.39 is 10.8 Å². The summed E-state index contributed by atoms with van der Waals surface area (Å²) in [4.78, 5) is 0.789. The molecule has 2 rings (SSSR count). The van der Waals surface area contributed by atoms with E-state index in [-0.39, 0.29) is 10.8 Å². The Morgan fingerprint density at radius 2 is 1.69 bits per heavy atom. The molecule has 1 aromatic rings. The van der Waals surface area contributed by atoms with Gasteiger partial charge >= 0.3 is 0 Å². The molecule has 0 aliphatic heterocycles. The second-order valence-corrected chi connectivity index (χ2v) is 7.56. The van der Waals surface area contributed by atoms with Gasteiger partial charge in [0.25, 0.3) is 0 Å². The third-order valence-corrected chi connectivity index (χ3v) is 6.45. The van der Waals surface area contributed by atoms with Crippen LogP contribution in [0, 0.1) is 0 Å². The molecule has 1 saturated carbocycles. The predicted octanol–water partition coefficient (Wildman–Crippen LogP) is 6.23. The Morgan fingerprint density at radius 1 is 1.15 bits per heavy atom. The molecule has 0 amide bonds. The first kappa shape index (κ1) is 24.6. The number of hydrogen-bond acceptors (Lipinski definition) is 2. The first-order chi connectivity index (χ1) is 12.6.